The highest BCUT2D eigenvalue weighted by Gasteiger charge is 2.65. The number of aliphatic hydroxyl groups is 1. The minimum atomic E-state index is -1.61. The fourth-order valence-electron chi connectivity index (χ4n) is 5.04. The summed E-state index contributed by atoms with van der Waals surface area (Å²) in [5, 5.41) is 12.2. The van der Waals surface area contributed by atoms with Gasteiger partial charge in [0.25, 0.3) is 5.91 Å². The van der Waals surface area contributed by atoms with Crippen LogP contribution in [0.15, 0.2) is 30.9 Å². The lowest BCUT2D eigenvalue weighted by Crippen LogP contribution is -2.45. The van der Waals surface area contributed by atoms with Crippen LogP contribution in [0.5, 0.6) is 0 Å². The number of hydrogen-bond donors (Lipinski definition) is 2. The number of hydrogen-bond acceptors (Lipinski definition) is 4. The zero-order valence-electron chi connectivity index (χ0n) is 17.4. The van der Waals surface area contributed by atoms with Crippen LogP contribution in [0.1, 0.15) is 39.7 Å². The van der Waals surface area contributed by atoms with Crippen molar-refractivity contribution in [3.63, 3.8) is 0 Å². The van der Waals surface area contributed by atoms with Crippen molar-refractivity contribution in [2.75, 3.05) is 23.4 Å². The van der Waals surface area contributed by atoms with Crippen LogP contribution in [-0.4, -0.2) is 41.8 Å². The maximum Gasteiger partial charge on any atom is 0.264 e. The van der Waals surface area contributed by atoms with Gasteiger partial charge in [-0.3, -0.25) is 9.59 Å². The third-order valence-electron chi connectivity index (χ3n) is 6.01. The number of rotatable bonds is 6. The van der Waals surface area contributed by atoms with Crippen LogP contribution in [0.3, 0.4) is 0 Å². The average Bonchev–Trinajstić information content (AvgIpc) is 3.03. The van der Waals surface area contributed by atoms with E-state index in [1.165, 1.54) is 20.8 Å². The molecule has 4 atom stereocenters. The van der Waals surface area contributed by atoms with Gasteiger partial charge in [-0.15, -0.1) is 6.58 Å². The van der Waals surface area contributed by atoms with E-state index in [-0.39, 0.29) is 31.4 Å². The third-order valence-corrected chi connectivity index (χ3v) is 6.01. The van der Waals surface area contributed by atoms with Crippen LogP contribution in [0.2, 0.25) is 0 Å². The predicted molar refractivity (Wildman–Crippen MR) is 109 cm³/mol. The Balaban J connectivity index is 2.19. The summed E-state index contributed by atoms with van der Waals surface area (Å²) >= 11 is 0. The molecule has 7 heteroatoms. The molecule has 2 aliphatic heterocycles. The first kappa shape index (κ1) is 21.5. The Hall–Kier alpha value is -2.25. The SMILES string of the molecule is C=CCN1C(=O)[C@]2(O[C@H](CCO)[C@@H](C(C)(C)F)[C@@H]2C)c2cc(NC(C)=O)ccc21. The predicted octanol–water partition coefficient (Wildman–Crippen LogP) is 3.15. The Labute approximate surface area is 170 Å². The van der Waals surface area contributed by atoms with Crippen LogP contribution >= 0.6 is 0 Å². The van der Waals surface area contributed by atoms with Gasteiger partial charge in [-0.25, -0.2) is 4.39 Å². The second-order valence-corrected chi connectivity index (χ2v) is 8.40. The molecule has 2 N–H and O–H groups in total. The van der Waals surface area contributed by atoms with Gasteiger partial charge in [0, 0.05) is 43.2 Å². The molecule has 0 saturated carbocycles. The van der Waals surface area contributed by atoms with Gasteiger partial charge in [0.15, 0.2) is 5.60 Å². The van der Waals surface area contributed by atoms with Crippen molar-refractivity contribution in [1.29, 1.82) is 0 Å². The molecule has 3 rings (SSSR count). The Morgan fingerprint density at radius 1 is 1.48 bits per heavy atom. The molecule has 2 aliphatic rings. The van der Waals surface area contributed by atoms with Gasteiger partial charge in [0.2, 0.25) is 5.91 Å². The Kier molecular flexibility index (Phi) is 5.58. The van der Waals surface area contributed by atoms with E-state index in [9.17, 15) is 14.7 Å². The lowest BCUT2D eigenvalue weighted by molar-refractivity contribution is -0.146. The highest BCUT2D eigenvalue weighted by molar-refractivity contribution is 6.08. The second kappa shape index (κ2) is 7.54. The molecule has 0 aliphatic carbocycles. The molecule has 158 valence electrons. The van der Waals surface area contributed by atoms with E-state index in [4.69, 9.17) is 4.74 Å². The van der Waals surface area contributed by atoms with Gasteiger partial charge >= 0.3 is 0 Å². The topological polar surface area (TPSA) is 78.9 Å². The number of fused-ring (bicyclic) bond motifs is 2. The maximum atomic E-state index is 15.2. The fourth-order valence-corrected chi connectivity index (χ4v) is 5.04. The van der Waals surface area contributed by atoms with E-state index in [1.807, 2.05) is 6.92 Å². The first-order valence-corrected chi connectivity index (χ1v) is 9.90. The highest BCUT2D eigenvalue weighted by Crippen LogP contribution is 2.58. The summed E-state index contributed by atoms with van der Waals surface area (Å²) in [4.78, 5) is 26.7. The molecule has 0 unspecified atom stereocenters. The van der Waals surface area contributed by atoms with Gasteiger partial charge in [0.1, 0.15) is 5.67 Å². The molecule has 2 amide bonds. The number of carbonyl (C=O) groups is 2. The molecule has 1 aromatic rings. The van der Waals surface area contributed by atoms with E-state index < -0.39 is 29.2 Å². The quantitative estimate of drug-likeness (QED) is 0.714. The Bertz CT molecular complexity index is 835. The van der Waals surface area contributed by atoms with E-state index in [0.29, 0.717) is 16.9 Å². The second-order valence-electron chi connectivity index (χ2n) is 8.40. The third kappa shape index (κ3) is 3.36. The van der Waals surface area contributed by atoms with Crippen molar-refractivity contribution in [3.8, 4) is 0 Å². The molecular formula is C22H29FN2O4. The van der Waals surface area contributed by atoms with Crippen LogP contribution in [0, 0.1) is 11.8 Å². The number of carbonyl (C=O) groups excluding carboxylic acids is 2. The number of anilines is 2. The Morgan fingerprint density at radius 3 is 2.72 bits per heavy atom. The lowest BCUT2D eigenvalue weighted by Gasteiger charge is -2.32. The summed E-state index contributed by atoms with van der Waals surface area (Å²) in [5.74, 6) is -1.56. The number of nitrogens with one attached hydrogen (secondary N) is 1. The normalized spacial score (nSPS) is 28.7. The van der Waals surface area contributed by atoms with E-state index >= 15 is 4.39 Å². The number of benzene rings is 1. The molecule has 1 saturated heterocycles. The zero-order valence-corrected chi connectivity index (χ0v) is 17.4. The molecule has 6 nitrogen and oxygen atoms in total. The van der Waals surface area contributed by atoms with Gasteiger partial charge in [-0.05, 0) is 38.5 Å². The molecule has 1 spiro atoms. The van der Waals surface area contributed by atoms with Crippen molar-refractivity contribution < 1.29 is 23.8 Å². The van der Waals surface area contributed by atoms with Crippen molar-refractivity contribution >= 4 is 23.2 Å². The van der Waals surface area contributed by atoms with Crippen LogP contribution in [0.25, 0.3) is 0 Å². The zero-order chi connectivity index (χ0) is 21.6. The van der Waals surface area contributed by atoms with Crippen molar-refractivity contribution in [2.45, 2.75) is 51.5 Å². The van der Waals surface area contributed by atoms with Crippen LogP contribution < -0.4 is 10.2 Å². The standard InChI is InChI=1S/C22H29FN2O4/c1-6-10-25-17-8-7-15(24-14(3)27)12-16(17)22(20(25)28)13(2)19(21(4,5)23)18(29-22)9-11-26/h6-8,12-13,18-19,26H,1,9-11H2,2-5H3,(H,24,27)/t13-,18+,19-,22+/m0/s1. The van der Waals surface area contributed by atoms with Gasteiger partial charge < -0.3 is 20.1 Å². The maximum absolute atomic E-state index is 15.2. The highest BCUT2D eigenvalue weighted by atomic mass is 19.1. The van der Waals surface area contributed by atoms with Crippen molar-refractivity contribution in [3.05, 3.63) is 36.4 Å². The molecule has 2 heterocycles. The molecule has 1 fully saturated rings. The first-order valence-electron chi connectivity index (χ1n) is 9.90. The van der Waals surface area contributed by atoms with Gasteiger partial charge in [0.05, 0.1) is 11.8 Å². The summed E-state index contributed by atoms with van der Waals surface area (Å²) in [6.45, 7) is 10.1. The number of nitrogens with zero attached hydrogens (tertiary/aromatic N) is 1. The smallest absolute Gasteiger partial charge is 0.264 e. The van der Waals surface area contributed by atoms with Crippen LogP contribution in [0.4, 0.5) is 15.8 Å². The van der Waals surface area contributed by atoms with Crippen molar-refractivity contribution in [1.82, 2.24) is 0 Å². The number of alkyl halides is 1. The minimum absolute atomic E-state index is 0.163. The van der Waals surface area contributed by atoms with Gasteiger partial charge in [-0.2, -0.15) is 0 Å². The molecule has 1 aromatic carbocycles. The summed E-state index contributed by atoms with van der Waals surface area (Å²) in [7, 11) is 0. The van der Waals surface area contributed by atoms with Crippen LogP contribution in [-0.2, 0) is 19.9 Å². The lowest BCUT2D eigenvalue weighted by atomic mass is 9.71. The summed E-state index contributed by atoms with van der Waals surface area (Å²) in [6.07, 6.45) is 1.25. The number of aliphatic hydroxyl groups excluding tert-OH is 1. The number of halogens is 1. The molecule has 29 heavy (non-hydrogen) atoms. The van der Waals surface area contributed by atoms with Crippen molar-refractivity contribution in [2.24, 2.45) is 11.8 Å². The molecule has 0 aromatic heterocycles. The fraction of sp³-hybridized carbons (Fsp3) is 0.545. The molecule has 0 bridgehead atoms. The summed E-state index contributed by atoms with van der Waals surface area (Å²) in [5.41, 5.74) is -1.17. The van der Waals surface area contributed by atoms with E-state index in [2.05, 4.69) is 11.9 Å². The largest absolute Gasteiger partial charge is 0.396 e. The molecule has 0 radical (unpaired) electrons. The first-order chi connectivity index (χ1) is 13.6. The average molecular weight is 404 g/mol. The van der Waals surface area contributed by atoms with E-state index in [1.54, 1.807) is 29.2 Å². The summed E-state index contributed by atoms with van der Waals surface area (Å²) in [6, 6.07) is 5.23. The number of amides is 2. The molecular weight excluding hydrogens is 375 g/mol. The minimum Gasteiger partial charge on any atom is -0.396 e. The summed E-state index contributed by atoms with van der Waals surface area (Å²) < 4.78 is 21.5. The van der Waals surface area contributed by atoms with Gasteiger partial charge in [-0.1, -0.05) is 13.0 Å². The monoisotopic (exact) mass is 404 g/mol. The van der Waals surface area contributed by atoms with E-state index in [0.717, 1.165) is 0 Å². The number of ether oxygens (including phenoxy) is 1. The Morgan fingerprint density at radius 2 is 2.17 bits per heavy atom.